The van der Waals surface area contributed by atoms with Gasteiger partial charge in [-0.3, -0.25) is 0 Å². The second-order valence-corrected chi connectivity index (χ2v) is 7.17. The minimum absolute atomic E-state index is 0.0382. The molecule has 0 saturated heterocycles. The molecule has 1 atom stereocenters. The summed E-state index contributed by atoms with van der Waals surface area (Å²) in [6, 6.07) is -0.709. The molecule has 0 spiro atoms. The van der Waals surface area contributed by atoms with E-state index in [1.807, 2.05) is 20.8 Å². The van der Waals surface area contributed by atoms with Crippen molar-refractivity contribution < 1.29 is 14.4 Å². The summed E-state index contributed by atoms with van der Waals surface area (Å²) >= 11 is 0. The summed E-state index contributed by atoms with van der Waals surface area (Å²) in [6.07, 6.45) is 3.66. The van der Waals surface area contributed by atoms with Gasteiger partial charge in [0.25, 0.3) is 0 Å². The fourth-order valence-corrected chi connectivity index (χ4v) is 2.63. The molecule has 1 heterocycles. The lowest BCUT2D eigenvalue weighted by atomic mass is 9.96. The molecule has 1 saturated carbocycles. The van der Waals surface area contributed by atoms with Crippen LogP contribution in [0.3, 0.4) is 0 Å². The summed E-state index contributed by atoms with van der Waals surface area (Å²) < 4.78 is 5.22. The number of carbonyl (C=O) groups is 1. The Hall–Kier alpha value is -1.63. The zero-order valence-electron chi connectivity index (χ0n) is 13.8. The van der Waals surface area contributed by atoms with Crippen molar-refractivity contribution in [1.29, 1.82) is 0 Å². The lowest BCUT2D eigenvalue weighted by molar-refractivity contribution is 0.161. The van der Waals surface area contributed by atoms with Gasteiger partial charge in [-0.2, -0.15) is 4.98 Å². The molecular formula is C15H26N4O3. The number of hydrogen-bond acceptors (Lipinski definition) is 5. The second-order valence-electron chi connectivity index (χ2n) is 7.17. The van der Waals surface area contributed by atoms with Gasteiger partial charge in [0, 0.05) is 5.41 Å². The molecule has 1 fully saturated rings. The Labute approximate surface area is 130 Å². The molecule has 0 radical (unpaired) electrons. The summed E-state index contributed by atoms with van der Waals surface area (Å²) in [5.74, 6) is 0.990. The van der Waals surface area contributed by atoms with Crippen LogP contribution in [0.2, 0.25) is 0 Å². The van der Waals surface area contributed by atoms with Gasteiger partial charge in [0.05, 0.1) is 12.1 Å². The first-order valence-electron chi connectivity index (χ1n) is 7.79. The van der Waals surface area contributed by atoms with E-state index in [0.717, 1.165) is 25.7 Å². The number of nitrogens with zero attached hydrogens (tertiary/aromatic N) is 2. The highest BCUT2D eigenvalue weighted by atomic mass is 16.5. The molecule has 1 unspecified atom stereocenters. The topological polar surface area (TPSA) is 100 Å². The lowest BCUT2D eigenvalue weighted by Crippen LogP contribution is -2.53. The Morgan fingerprint density at radius 1 is 1.41 bits per heavy atom. The zero-order valence-corrected chi connectivity index (χ0v) is 13.8. The molecule has 0 bridgehead atoms. The number of aliphatic hydroxyl groups excluding tert-OH is 1. The van der Waals surface area contributed by atoms with Crippen LogP contribution in [0.25, 0.3) is 0 Å². The number of aliphatic hydroxyl groups is 1. The molecule has 124 valence electrons. The van der Waals surface area contributed by atoms with Crippen LogP contribution < -0.4 is 10.6 Å². The lowest BCUT2D eigenvalue weighted by Gasteiger charge is -2.28. The van der Waals surface area contributed by atoms with E-state index in [4.69, 9.17) is 4.52 Å². The Morgan fingerprint density at radius 2 is 2.05 bits per heavy atom. The van der Waals surface area contributed by atoms with Crippen molar-refractivity contribution in [2.45, 2.75) is 70.4 Å². The molecule has 2 amide bonds. The average molecular weight is 310 g/mol. The Kier molecular flexibility index (Phi) is 4.75. The van der Waals surface area contributed by atoms with Crippen molar-refractivity contribution >= 4 is 6.03 Å². The molecule has 3 N–H and O–H groups in total. The minimum atomic E-state index is -0.491. The third-order valence-corrected chi connectivity index (χ3v) is 4.07. The van der Waals surface area contributed by atoms with Gasteiger partial charge in [-0.1, -0.05) is 38.8 Å². The molecule has 1 aliphatic carbocycles. The van der Waals surface area contributed by atoms with E-state index in [9.17, 15) is 9.90 Å². The summed E-state index contributed by atoms with van der Waals surface area (Å²) in [4.78, 5) is 16.5. The van der Waals surface area contributed by atoms with Crippen molar-refractivity contribution in [3.05, 3.63) is 11.7 Å². The maximum Gasteiger partial charge on any atom is 0.315 e. The fraction of sp³-hybridized carbons (Fsp3) is 0.800. The van der Waals surface area contributed by atoms with Crippen molar-refractivity contribution in [3.63, 3.8) is 0 Å². The van der Waals surface area contributed by atoms with E-state index in [1.165, 1.54) is 0 Å². The van der Waals surface area contributed by atoms with Gasteiger partial charge >= 0.3 is 6.03 Å². The average Bonchev–Trinajstić information content (AvgIpc) is 3.06. The molecule has 7 heteroatoms. The van der Waals surface area contributed by atoms with Gasteiger partial charge in [0.1, 0.15) is 6.04 Å². The third-order valence-electron chi connectivity index (χ3n) is 4.07. The molecule has 1 aromatic rings. The quantitative estimate of drug-likeness (QED) is 0.790. The smallest absolute Gasteiger partial charge is 0.315 e. The predicted octanol–water partition coefficient (Wildman–Crippen LogP) is 2.03. The summed E-state index contributed by atoms with van der Waals surface area (Å²) in [7, 11) is 0. The number of hydrogen-bond donors (Lipinski definition) is 3. The zero-order chi connectivity index (χ0) is 16.4. The summed E-state index contributed by atoms with van der Waals surface area (Å²) in [6.45, 7) is 7.75. The Morgan fingerprint density at radius 3 is 2.55 bits per heavy atom. The van der Waals surface area contributed by atoms with Crippen molar-refractivity contribution in [3.8, 4) is 0 Å². The first-order valence-corrected chi connectivity index (χ1v) is 7.79. The maximum absolute atomic E-state index is 12.1. The number of rotatable bonds is 4. The largest absolute Gasteiger partial charge is 0.394 e. The van der Waals surface area contributed by atoms with E-state index in [0.29, 0.717) is 11.7 Å². The number of nitrogens with one attached hydrogen (secondary N) is 2. The Bertz CT molecular complexity index is 515. The van der Waals surface area contributed by atoms with Gasteiger partial charge in [0.2, 0.25) is 5.89 Å². The maximum atomic E-state index is 12.1. The normalized spacial score (nSPS) is 19.0. The highest BCUT2D eigenvalue weighted by Gasteiger charge is 2.35. The van der Waals surface area contributed by atoms with Crippen LogP contribution in [-0.4, -0.2) is 33.4 Å². The number of urea groups is 1. The van der Waals surface area contributed by atoms with Gasteiger partial charge < -0.3 is 20.3 Å². The van der Waals surface area contributed by atoms with Crippen LogP contribution in [0.4, 0.5) is 4.79 Å². The Balaban J connectivity index is 1.95. The van der Waals surface area contributed by atoms with Gasteiger partial charge in [0.15, 0.2) is 5.82 Å². The highest BCUT2D eigenvalue weighted by molar-refractivity contribution is 5.75. The van der Waals surface area contributed by atoms with Crippen LogP contribution in [0, 0.1) is 0 Å². The summed E-state index contributed by atoms with van der Waals surface area (Å²) in [5, 5.41) is 19.2. The van der Waals surface area contributed by atoms with Crippen LogP contribution in [0.1, 0.15) is 71.1 Å². The van der Waals surface area contributed by atoms with E-state index < -0.39 is 5.54 Å². The highest BCUT2D eigenvalue weighted by Crippen LogP contribution is 2.29. The molecule has 7 nitrogen and oxygen atoms in total. The van der Waals surface area contributed by atoms with Gasteiger partial charge in [-0.25, -0.2) is 4.79 Å². The molecule has 2 rings (SSSR count). The predicted molar refractivity (Wildman–Crippen MR) is 81.4 cm³/mol. The molecule has 0 aromatic carbocycles. The monoisotopic (exact) mass is 310 g/mol. The van der Waals surface area contributed by atoms with E-state index in [-0.39, 0.29) is 24.1 Å². The van der Waals surface area contributed by atoms with Gasteiger partial charge in [-0.05, 0) is 19.8 Å². The molecular weight excluding hydrogens is 284 g/mol. The minimum Gasteiger partial charge on any atom is -0.394 e. The summed E-state index contributed by atoms with van der Waals surface area (Å²) in [5.41, 5.74) is -0.691. The van der Waals surface area contributed by atoms with Gasteiger partial charge in [-0.15, -0.1) is 0 Å². The van der Waals surface area contributed by atoms with Crippen LogP contribution in [-0.2, 0) is 5.41 Å². The van der Waals surface area contributed by atoms with E-state index in [2.05, 4.69) is 20.8 Å². The van der Waals surface area contributed by atoms with Crippen LogP contribution >= 0.6 is 0 Å². The molecule has 1 aromatic heterocycles. The SMILES string of the molecule is CC(NC(=O)NC1(CO)CCCC1)c1nc(C(C)(C)C)no1. The number of amides is 2. The molecule has 1 aliphatic rings. The fourth-order valence-electron chi connectivity index (χ4n) is 2.63. The number of aromatic nitrogens is 2. The second kappa shape index (κ2) is 6.24. The standard InChI is InChI=1S/C15H26N4O3/c1-10(11-17-12(19-22-11)14(2,3)4)16-13(21)18-15(9-20)7-5-6-8-15/h10,20H,5-9H2,1-4H3,(H2,16,18,21). The van der Waals surface area contributed by atoms with Crippen molar-refractivity contribution in [2.24, 2.45) is 0 Å². The van der Waals surface area contributed by atoms with Crippen molar-refractivity contribution in [1.82, 2.24) is 20.8 Å². The van der Waals surface area contributed by atoms with Crippen molar-refractivity contribution in [2.75, 3.05) is 6.61 Å². The van der Waals surface area contributed by atoms with E-state index >= 15 is 0 Å². The first-order chi connectivity index (χ1) is 10.3. The molecule has 0 aliphatic heterocycles. The molecule has 22 heavy (non-hydrogen) atoms. The first kappa shape index (κ1) is 16.7. The van der Waals surface area contributed by atoms with E-state index in [1.54, 1.807) is 6.92 Å². The number of carbonyl (C=O) groups excluding carboxylic acids is 1. The van der Waals surface area contributed by atoms with Crippen LogP contribution in [0.15, 0.2) is 4.52 Å². The third kappa shape index (κ3) is 3.76. The van der Waals surface area contributed by atoms with Crippen LogP contribution in [0.5, 0.6) is 0 Å².